The van der Waals surface area contributed by atoms with Crippen LogP contribution >= 0.6 is 11.6 Å². The van der Waals surface area contributed by atoms with Crippen LogP contribution in [0, 0.1) is 5.92 Å². The maximum Gasteiger partial charge on any atom is 0.282 e. The Morgan fingerprint density at radius 3 is 2.66 bits per heavy atom. The van der Waals surface area contributed by atoms with E-state index in [4.69, 9.17) is 11.6 Å². The molecule has 9 nitrogen and oxygen atoms in total. The molecule has 3 heterocycles. The number of fused-ring (bicyclic) bond motifs is 1. The van der Waals surface area contributed by atoms with E-state index in [9.17, 15) is 18.4 Å². The Hall–Kier alpha value is -3.47. The van der Waals surface area contributed by atoms with Gasteiger partial charge in [-0.1, -0.05) is 45.9 Å². The van der Waals surface area contributed by atoms with Gasteiger partial charge in [0.05, 0.1) is 18.1 Å². The lowest BCUT2D eigenvalue weighted by Crippen LogP contribution is -2.41. The van der Waals surface area contributed by atoms with Crippen molar-refractivity contribution in [2.75, 3.05) is 18.4 Å². The molecule has 204 valence electrons. The summed E-state index contributed by atoms with van der Waals surface area (Å²) in [5.41, 5.74) is 0.669. The van der Waals surface area contributed by atoms with Gasteiger partial charge < -0.3 is 20.1 Å². The Balaban J connectivity index is 1.56. The third kappa shape index (κ3) is 5.24. The topological polar surface area (TPSA) is 108 Å². The Kier molecular flexibility index (Phi) is 7.51. The van der Waals surface area contributed by atoms with Gasteiger partial charge in [0.1, 0.15) is 17.2 Å². The van der Waals surface area contributed by atoms with Crippen LogP contribution < -0.4 is 10.6 Å². The molecule has 1 aliphatic heterocycles. The molecule has 1 aliphatic rings. The van der Waals surface area contributed by atoms with Gasteiger partial charge in [-0.15, -0.1) is 0 Å². The Bertz CT molecular complexity index is 1390. The zero-order valence-corrected chi connectivity index (χ0v) is 22.8. The molecule has 38 heavy (non-hydrogen) atoms. The van der Waals surface area contributed by atoms with Crippen LogP contribution in [0.15, 0.2) is 24.8 Å². The summed E-state index contributed by atoms with van der Waals surface area (Å²) in [6, 6.07) is 3.38. The van der Waals surface area contributed by atoms with Gasteiger partial charge in [-0.2, -0.15) is 5.10 Å². The number of halogens is 3. The summed E-state index contributed by atoms with van der Waals surface area (Å²) in [6.45, 7) is 12.3. The first-order valence-corrected chi connectivity index (χ1v) is 12.7. The van der Waals surface area contributed by atoms with E-state index >= 15 is 0 Å². The van der Waals surface area contributed by atoms with E-state index in [1.165, 1.54) is 17.7 Å². The average molecular weight is 548 g/mol. The Labute approximate surface area is 224 Å². The van der Waals surface area contributed by atoms with Crippen molar-refractivity contribution in [3.05, 3.63) is 52.6 Å². The molecule has 3 N–H and O–H groups in total. The highest BCUT2D eigenvalue weighted by atomic mass is 35.5. The summed E-state index contributed by atoms with van der Waals surface area (Å²) in [7, 11) is 1.52. The minimum atomic E-state index is -2.95. The molecule has 0 bridgehead atoms. The number of carbonyl (C=O) groups is 2. The number of benzene rings is 1. The predicted molar refractivity (Wildman–Crippen MR) is 142 cm³/mol. The number of aromatic amines is 1. The standard InChI is InChI=1S/C26H32ClF2N7O2/c1-7-20(37)36-11-13(2)18(12-36)31-25(38)22-21(23(28)29)32-19(35(22)6)10-30-24-14-8-15(26(3,4)5)16(27)9-17(14)33-34-24/h7-9,13,18,23H,1,10-12H2,2-6H3,(H,31,38)(H2,30,33,34)/t13-,18+/m1/s1. The summed E-state index contributed by atoms with van der Waals surface area (Å²) >= 11 is 6.46. The van der Waals surface area contributed by atoms with Crippen molar-refractivity contribution in [3.63, 3.8) is 0 Å². The van der Waals surface area contributed by atoms with Crippen molar-refractivity contribution in [3.8, 4) is 0 Å². The normalized spacial score (nSPS) is 17.9. The lowest BCUT2D eigenvalue weighted by molar-refractivity contribution is -0.125. The molecule has 4 rings (SSSR count). The van der Waals surface area contributed by atoms with E-state index in [-0.39, 0.29) is 47.9 Å². The molecule has 0 spiro atoms. The summed E-state index contributed by atoms with van der Waals surface area (Å²) in [6.07, 6.45) is -1.73. The Morgan fingerprint density at radius 1 is 1.32 bits per heavy atom. The van der Waals surface area contributed by atoms with Gasteiger partial charge in [-0.25, -0.2) is 13.8 Å². The number of likely N-dealkylation sites (tertiary alicyclic amines) is 1. The SMILES string of the molecule is C=CC(=O)N1C[C@@H](C)[C@@H](NC(=O)c2c(C(F)F)nc(CNc3n[nH]c4cc(Cl)c(C(C)(C)C)cc34)n2C)C1. The maximum absolute atomic E-state index is 13.9. The first-order chi connectivity index (χ1) is 17.8. The van der Waals surface area contributed by atoms with Gasteiger partial charge in [0.2, 0.25) is 5.91 Å². The molecule has 2 atom stereocenters. The molecule has 1 saturated heterocycles. The molecule has 2 amide bonds. The number of carbonyl (C=O) groups excluding carboxylic acids is 2. The highest BCUT2D eigenvalue weighted by molar-refractivity contribution is 6.32. The number of amides is 2. The summed E-state index contributed by atoms with van der Waals surface area (Å²) in [4.78, 5) is 30.8. The fraction of sp³-hybridized carbons (Fsp3) is 0.462. The van der Waals surface area contributed by atoms with Crippen LogP contribution in [0.4, 0.5) is 14.6 Å². The number of aromatic nitrogens is 4. The van der Waals surface area contributed by atoms with E-state index in [0.717, 1.165) is 16.5 Å². The number of anilines is 1. The first-order valence-electron chi connectivity index (χ1n) is 12.3. The third-order valence-corrected chi connectivity index (χ3v) is 7.24. The number of imidazole rings is 1. The monoisotopic (exact) mass is 547 g/mol. The Morgan fingerprint density at radius 2 is 2.03 bits per heavy atom. The van der Waals surface area contributed by atoms with Gasteiger partial charge >= 0.3 is 0 Å². The molecule has 0 aliphatic carbocycles. The smallest absolute Gasteiger partial charge is 0.282 e. The zero-order chi connectivity index (χ0) is 27.9. The van der Waals surface area contributed by atoms with Crippen molar-refractivity contribution in [1.29, 1.82) is 0 Å². The molecule has 3 aromatic rings. The summed E-state index contributed by atoms with van der Waals surface area (Å²) < 4.78 is 29.2. The highest BCUT2D eigenvalue weighted by Crippen LogP contribution is 2.35. The van der Waals surface area contributed by atoms with E-state index in [1.54, 1.807) is 4.90 Å². The van der Waals surface area contributed by atoms with Crippen LogP contribution in [0.1, 0.15) is 61.7 Å². The first kappa shape index (κ1) is 27.6. The number of nitrogens with zero attached hydrogens (tertiary/aromatic N) is 4. The second-order valence-electron chi connectivity index (χ2n) is 10.7. The van der Waals surface area contributed by atoms with E-state index in [1.807, 2.05) is 19.1 Å². The van der Waals surface area contributed by atoms with Gasteiger partial charge in [-0.3, -0.25) is 14.7 Å². The van der Waals surface area contributed by atoms with E-state index in [2.05, 4.69) is 53.2 Å². The van der Waals surface area contributed by atoms with Gasteiger partial charge in [0.15, 0.2) is 5.82 Å². The number of rotatable bonds is 7. The molecule has 0 saturated carbocycles. The number of hydrogen-bond acceptors (Lipinski definition) is 5. The van der Waals surface area contributed by atoms with Crippen LogP contribution in [-0.4, -0.2) is 55.6 Å². The van der Waals surface area contributed by atoms with Crippen molar-refractivity contribution < 1.29 is 18.4 Å². The largest absolute Gasteiger partial charge is 0.361 e. The number of hydrogen-bond donors (Lipinski definition) is 3. The lowest BCUT2D eigenvalue weighted by atomic mass is 9.86. The number of alkyl halides is 2. The number of nitrogens with one attached hydrogen (secondary N) is 3. The molecule has 12 heteroatoms. The van der Waals surface area contributed by atoms with Gasteiger partial charge in [0.25, 0.3) is 12.3 Å². The van der Waals surface area contributed by atoms with E-state index < -0.39 is 18.0 Å². The minimum Gasteiger partial charge on any atom is -0.361 e. The average Bonchev–Trinajstić information content (AvgIpc) is 3.51. The minimum absolute atomic E-state index is 0.0494. The number of H-pyrrole nitrogens is 1. The van der Waals surface area contributed by atoms with Crippen LogP contribution in [0.2, 0.25) is 5.02 Å². The highest BCUT2D eigenvalue weighted by Gasteiger charge is 2.35. The molecule has 0 unspecified atom stereocenters. The quantitative estimate of drug-likeness (QED) is 0.376. The lowest BCUT2D eigenvalue weighted by Gasteiger charge is -2.20. The van der Waals surface area contributed by atoms with Crippen LogP contribution in [-0.2, 0) is 23.8 Å². The van der Waals surface area contributed by atoms with Crippen LogP contribution in [0.3, 0.4) is 0 Å². The fourth-order valence-electron chi connectivity index (χ4n) is 4.76. The van der Waals surface area contributed by atoms with Gasteiger partial charge in [-0.05, 0) is 35.1 Å². The molecular weight excluding hydrogens is 516 g/mol. The van der Waals surface area contributed by atoms with Crippen molar-refractivity contribution in [2.24, 2.45) is 13.0 Å². The van der Waals surface area contributed by atoms with E-state index in [0.29, 0.717) is 17.4 Å². The summed E-state index contributed by atoms with van der Waals surface area (Å²) in [5.74, 6) is -0.192. The van der Waals surface area contributed by atoms with Crippen LogP contribution in [0.5, 0.6) is 0 Å². The van der Waals surface area contributed by atoms with Crippen LogP contribution in [0.25, 0.3) is 10.9 Å². The van der Waals surface area contributed by atoms with Crippen molar-refractivity contribution in [2.45, 2.75) is 52.1 Å². The molecule has 1 fully saturated rings. The molecule has 1 aromatic carbocycles. The maximum atomic E-state index is 13.9. The van der Waals surface area contributed by atoms with Crippen molar-refractivity contribution in [1.82, 2.24) is 30.0 Å². The third-order valence-electron chi connectivity index (χ3n) is 6.92. The second-order valence-corrected chi connectivity index (χ2v) is 11.1. The molecule has 2 aromatic heterocycles. The molecule has 0 radical (unpaired) electrons. The second kappa shape index (κ2) is 10.4. The van der Waals surface area contributed by atoms with Crippen molar-refractivity contribution >= 4 is 40.1 Å². The van der Waals surface area contributed by atoms with Gasteiger partial charge in [0, 0.05) is 30.5 Å². The summed E-state index contributed by atoms with van der Waals surface area (Å²) in [5, 5.41) is 14.6. The fourth-order valence-corrected chi connectivity index (χ4v) is 5.20. The molecular formula is C26H32ClF2N7O2. The zero-order valence-electron chi connectivity index (χ0n) is 22.0. The predicted octanol–water partition coefficient (Wildman–Crippen LogP) is 4.56.